The Hall–Kier alpha value is -5.34. The molecule has 0 aliphatic heterocycles. The second-order valence-electron chi connectivity index (χ2n) is 10.8. The summed E-state index contributed by atoms with van der Waals surface area (Å²) in [5, 5.41) is 9.87. The van der Waals surface area contributed by atoms with Gasteiger partial charge < -0.3 is 9.88 Å². The summed E-state index contributed by atoms with van der Waals surface area (Å²) in [6.07, 6.45) is 1.93. The smallest absolute Gasteiger partial charge is 0.0616 e. The van der Waals surface area contributed by atoms with Crippen LogP contribution in [0.5, 0.6) is 0 Å². The number of fused-ring (bicyclic) bond motifs is 5. The number of nitrogens with one attached hydrogen (secondary N) is 1. The van der Waals surface area contributed by atoms with E-state index in [2.05, 4.69) is 146 Å². The minimum absolute atomic E-state index is 0.998. The Kier molecular flexibility index (Phi) is 6.45. The minimum Gasteiger partial charge on any atom is -0.355 e. The molecular formula is C40H32N2. The molecule has 0 unspecified atom stereocenters. The van der Waals surface area contributed by atoms with Gasteiger partial charge in [-0.15, -0.1) is 0 Å². The van der Waals surface area contributed by atoms with Crippen LogP contribution in [-0.2, 0) is 0 Å². The number of hydrogen-bond acceptors (Lipinski definition) is 1. The highest BCUT2D eigenvalue weighted by Gasteiger charge is 2.22. The van der Waals surface area contributed by atoms with Gasteiger partial charge in [-0.2, -0.15) is 0 Å². The van der Waals surface area contributed by atoms with E-state index in [1.54, 1.807) is 0 Å². The standard InChI is InChI=1S/C40H32N2/c1-4-37(41-31-18-9-6-10-19-31)27(2)39-28(3)42(38-22-14-13-21-33(38)29-15-7-5-8-16-29)40-35-24-23-30-17-11-12-20-32(30)34(35)25-26-36(39)40/h4-26,41H,1H2,2-3H3/b37-27+. The molecule has 2 heteroatoms. The molecule has 0 radical (unpaired) electrons. The molecule has 0 bridgehead atoms. The van der Waals surface area contributed by atoms with Crippen molar-refractivity contribution in [3.05, 3.63) is 163 Å². The van der Waals surface area contributed by atoms with Crippen molar-refractivity contribution in [3.8, 4) is 16.8 Å². The van der Waals surface area contributed by atoms with Crippen molar-refractivity contribution in [3.63, 3.8) is 0 Å². The molecule has 2 nitrogen and oxygen atoms in total. The highest BCUT2D eigenvalue weighted by atomic mass is 15.0. The first-order chi connectivity index (χ1) is 20.7. The lowest BCUT2D eigenvalue weighted by Gasteiger charge is -2.16. The molecule has 1 aromatic heterocycles. The summed E-state index contributed by atoms with van der Waals surface area (Å²) in [4.78, 5) is 0. The fourth-order valence-electron chi connectivity index (χ4n) is 6.40. The van der Waals surface area contributed by atoms with E-state index in [0.717, 1.165) is 17.0 Å². The van der Waals surface area contributed by atoms with Crippen LogP contribution in [0.15, 0.2) is 152 Å². The number of aromatic nitrogens is 1. The first-order valence-electron chi connectivity index (χ1n) is 14.4. The Balaban J connectivity index is 1.59. The van der Waals surface area contributed by atoms with E-state index >= 15 is 0 Å². The third kappa shape index (κ3) is 4.20. The quantitative estimate of drug-likeness (QED) is 0.164. The fourth-order valence-corrected chi connectivity index (χ4v) is 6.40. The molecule has 0 amide bonds. The van der Waals surface area contributed by atoms with Crippen LogP contribution in [-0.4, -0.2) is 4.57 Å². The predicted octanol–water partition coefficient (Wildman–Crippen LogP) is 10.9. The lowest BCUT2D eigenvalue weighted by molar-refractivity contribution is 1.05. The van der Waals surface area contributed by atoms with Crippen LogP contribution in [0.3, 0.4) is 0 Å². The molecule has 0 fully saturated rings. The molecule has 0 saturated carbocycles. The Labute approximate surface area is 246 Å². The van der Waals surface area contributed by atoms with Crippen LogP contribution in [0.25, 0.3) is 54.8 Å². The summed E-state index contributed by atoms with van der Waals surface area (Å²) in [6, 6.07) is 47.5. The van der Waals surface area contributed by atoms with Crippen LogP contribution >= 0.6 is 0 Å². The van der Waals surface area contributed by atoms with Crippen molar-refractivity contribution < 1.29 is 0 Å². The van der Waals surface area contributed by atoms with E-state index in [1.165, 1.54) is 60.5 Å². The van der Waals surface area contributed by atoms with Gasteiger partial charge in [0.25, 0.3) is 0 Å². The number of hydrogen-bond donors (Lipinski definition) is 1. The van der Waals surface area contributed by atoms with Crippen LogP contribution in [0.1, 0.15) is 18.2 Å². The number of rotatable bonds is 6. The van der Waals surface area contributed by atoms with Gasteiger partial charge in [0.1, 0.15) is 0 Å². The van der Waals surface area contributed by atoms with Gasteiger partial charge in [0.2, 0.25) is 0 Å². The number of anilines is 1. The average molecular weight is 541 g/mol. The Morgan fingerprint density at radius 3 is 2.07 bits per heavy atom. The number of allylic oxidation sites excluding steroid dienone is 2. The first kappa shape index (κ1) is 25.6. The summed E-state index contributed by atoms with van der Waals surface area (Å²) < 4.78 is 2.47. The summed E-state index contributed by atoms with van der Waals surface area (Å²) in [5.41, 5.74) is 10.4. The first-order valence-corrected chi connectivity index (χ1v) is 14.4. The highest BCUT2D eigenvalue weighted by molar-refractivity contribution is 6.19. The van der Waals surface area contributed by atoms with E-state index in [-0.39, 0.29) is 0 Å². The van der Waals surface area contributed by atoms with Crippen molar-refractivity contribution in [2.24, 2.45) is 0 Å². The zero-order chi connectivity index (χ0) is 28.6. The molecule has 202 valence electrons. The van der Waals surface area contributed by atoms with Crippen LogP contribution < -0.4 is 5.32 Å². The van der Waals surface area contributed by atoms with Gasteiger partial charge in [-0.25, -0.2) is 0 Å². The summed E-state index contributed by atoms with van der Waals surface area (Å²) in [5.74, 6) is 0. The van der Waals surface area contributed by atoms with Gasteiger partial charge in [0.15, 0.2) is 0 Å². The molecule has 1 heterocycles. The molecule has 0 aliphatic carbocycles. The Bertz CT molecular complexity index is 2130. The van der Waals surface area contributed by atoms with Crippen molar-refractivity contribution >= 4 is 43.7 Å². The molecule has 0 spiro atoms. The normalized spacial score (nSPS) is 12.0. The van der Waals surface area contributed by atoms with Crippen molar-refractivity contribution in [2.45, 2.75) is 13.8 Å². The topological polar surface area (TPSA) is 17.0 Å². The van der Waals surface area contributed by atoms with Gasteiger partial charge in [-0.1, -0.05) is 122 Å². The van der Waals surface area contributed by atoms with Crippen LogP contribution in [0.2, 0.25) is 0 Å². The van der Waals surface area contributed by atoms with E-state index in [1.807, 2.05) is 24.3 Å². The predicted molar refractivity (Wildman–Crippen MR) is 181 cm³/mol. The van der Waals surface area contributed by atoms with Gasteiger partial charge in [-0.3, -0.25) is 0 Å². The highest BCUT2D eigenvalue weighted by Crippen LogP contribution is 2.42. The van der Waals surface area contributed by atoms with Crippen molar-refractivity contribution in [2.75, 3.05) is 5.32 Å². The van der Waals surface area contributed by atoms with Crippen molar-refractivity contribution in [1.29, 1.82) is 0 Å². The van der Waals surface area contributed by atoms with Crippen LogP contribution in [0.4, 0.5) is 5.69 Å². The lowest BCUT2D eigenvalue weighted by Crippen LogP contribution is -2.02. The maximum atomic E-state index is 4.19. The molecule has 0 saturated heterocycles. The summed E-state index contributed by atoms with van der Waals surface area (Å²) in [6.45, 7) is 8.64. The molecule has 7 aromatic rings. The van der Waals surface area contributed by atoms with Gasteiger partial charge in [0.05, 0.1) is 11.2 Å². The monoisotopic (exact) mass is 540 g/mol. The third-order valence-electron chi connectivity index (χ3n) is 8.35. The van der Waals surface area contributed by atoms with Gasteiger partial charge in [0, 0.05) is 39.0 Å². The maximum absolute atomic E-state index is 4.19. The molecule has 0 atom stereocenters. The summed E-state index contributed by atoms with van der Waals surface area (Å²) in [7, 11) is 0. The molecular weight excluding hydrogens is 508 g/mol. The molecule has 42 heavy (non-hydrogen) atoms. The Morgan fingerprint density at radius 1 is 0.643 bits per heavy atom. The van der Waals surface area contributed by atoms with Gasteiger partial charge in [-0.05, 0) is 65.4 Å². The number of para-hydroxylation sites is 2. The van der Waals surface area contributed by atoms with E-state index in [9.17, 15) is 0 Å². The molecule has 1 N–H and O–H groups in total. The van der Waals surface area contributed by atoms with E-state index < -0.39 is 0 Å². The zero-order valence-electron chi connectivity index (χ0n) is 23.9. The second-order valence-corrected chi connectivity index (χ2v) is 10.8. The average Bonchev–Trinajstić information content (AvgIpc) is 3.35. The van der Waals surface area contributed by atoms with E-state index in [0.29, 0.717) is 0 Å². The zero-order valence-corrected chi connectivity index (χ0v) is 23.9. The summed E-state index contributed by atoms with van der Waals surface area (Å²) >= 11 is 0. The maximum Gasteiger partial charge on any atom is 0.0616 e. The SMILES string of the molecule is C=C/C(Nc1ccccc1)=C(/C)c1c(C)n(-c2ccccc2-c2ccccc2)c2c1ccc1c3ccccc3ccc12. The van der Waals surface area contributed by atoms with Crippen LogP contribution in [0, 0.1) is 6.92 Å². The fraction of sp³-hybridized carbons (Fsp3) is 0.0500. The Morgan fingerprint density at radius 2 is 1.29 bits per heavy atom. The van der Waals surface area contributed by atoms with E-state index in [4.69, 9.17) is 0 Å². The lowest BCUT2D eigenvalue weighted by atomic mass is 9.96. The second kappa shape index (κ2) is 10.6. The number of benzene rings is 6. The number of nitrogens with zero attached hydrogens (tertiary/aromatic N) is 1. The van der Waals surface area contributed by atoms with Gasteiger partial charge >= 0.3 is 0 Å². The third-order valence-corrected chi connectivity index (χ3v) is 8.35. The molecule has 7 rings (SSSR count). The van der Waals surface area contributed by atoms with Crippen molar-refractivity contribution in [1.82, 2.24) is 4.57 Å². The largest absolute Gasteiger partial charge is 0.355 e. The molecule has 6 aromatic carbocycles. The minimum atomic E-state index is 0.998. The molecule has 0 aliphatic rings.